The summed E-state index contributed by atoms with van der Waals surface area (Å²) in [4.78, 5) is 12.2. The Morgan fingerprint density at radius 2 is 2.21 bits per heavy atom. The number of hydrogen-bond donors (Lipinski definition) is 2. The Bertz CT molecular complexity index is 893. The molecular formula is C23H29IN2O2. The predicted molar refractivity (Wildman–Crippen MR) is 107 cm³/mol. The highest BCUT2D eigenvalue weighted by Gasteiger charge is 2.68. The molecule has 4 atom stereocenters. The molecule has 1 aromatic rings. The minimum Gasteiger partial charge on any atom is -1.00 e. The zero-order chi connectivity index (χ0) is 18.8. The van der Waals surface area contributed by atoms with Crippen molar-refractivity contribution in [1.29, 1.82) is 0 Å². The molecule has 2 N–H and O–H groups in total. The van der Waals surface area contributed by atoms with E-state index in [0.717, 1.165) is 53.7 Å². The van der Waals surface area contributed by atoms with Crippen molar-refractivity contribution in [1.82, 2.24) is 0 Å². The number of halogens is 1. The third-order valence-corrected chi connectivity index (χ3v) is 7.92. The van der Waals surface area contributed by atoms with Crippen LogP contribution in [0.15, 0.2) is 41.1 Å². The first-order chi connectivity index (χ1) is 13.1. The summed E-state index contributed by atoms with van der Waals surface area (Å²) in [7, 11) is 0. The van der Waals surface area contributed by atoms with Gasteiger partial charge >= 0.3 is 0 Å². The number of carbonyl (C=O) groups excluding carboxylic acids is 1. The van der Waals surface area contributed by atoms with E-state index in [1.807, 2.05) is 6.07 Å². The Balaban J connectivity index is 0.00000192. The number of fused-ring (bicyclic) bond motifs is 2. The molecule has 5 rings (SSSR count). The normalized spacial score (nSPS) is 35.9. The van der Waals surface area contributed by atoms with Gasteiger partial charge in [0.2, 0.25) is 0 Å². The molecule has 3 aliphatic heterocycles. The first-order valence-corrected chi connectivity index (χ1v) is 10.4. The maximum atomic E-state index is 12.2. The van der Waals surface area contributed by atoms with Crippen molar-refractivity contribution in [3.05, 3.63) is 46.7 Å². The van der Waals surface area contributed by atoms with Gasteiger partial charge < -0.3 is 38.9 Å². The van der Waals surface area contributed by atoms with E-state index in [9.17, 15) is 9.90 Å². The first kappa shape index (κ1) is 20.0. The summed E-state index contributed by atoms with van der Waals surface area (Å²) >= 11 is 0. The SMILES string of the molecule is CC=C1C[N+]2(CCCC)CCC34C(=C(C=O)[C@H]1C[C@@H]32)Nc1c(O)cccc14.[I-]. The van der Waals surface area contributed by atoms with E-state index in [1.165, 1.54) is 30.5 Å². The molecule has 28 heavy (non-hydrogen) atoms. The van der Waals surface area contributed by atoms with Crippen LogP contribution in [0.1, 0.15) is 45.1 Å². The monoisotopic (exact) mass is 492 g/mol. The molecule has 1 spiro atoms. The second kappa shape index (κ2) is 6.87. The number of aromatic hydroxyl groups is 1. The molecule has 5 heteroatoms. The maximum absolute atomic E-state index is 12.2. The van der Waals surface area contributed by atoms with Crippen LogP contribution < -0.4 is 29.3 Å². The van der Waals surface area contributed by atoms with Crippen LogP contribution in [0.4, 0.5) is 5.69 Å². The van der Waals surface area contributed by atoms with Crippen molar-refractivity contribution in [3.63, 3.8) is 0 Å². The van der Waals surface area contributed by atoms with Gasteiger partial charge in [0.25, 0.3) is 0 Å². The number of benzene rings is 1. The van der Waals surface area contributed by atoms with Crippen molar-refractivity contribution < 1.29 is 38.4 Å². The third-order valence-electron chi connectivity index (χ3n) is 7.92. The number of unbranched alkanes of at least 4 members (excludes halogenated alkanes) is 1. The summed E-state index contributed by atoms with van der Waals surface area (Å²) in [5.41, 5.74) is 5.34. The Morgan fingerprint density at radius 3 is 2.93 bits per heavy atom. The largest absolute Gasteiger partial charge is 1.00 e. The average Bonchev–Trinajstić information content (AvgIpc) is 3.21. The van der Waals surface area contributed by atoms with Crippen LogP contribution in [0, 0.1) is 5.92 Å². The zero-order valence-electron chi connectivity index (χ0n) is 16.7. The van der Waals surface area contributed by atoms with Crippen LogP contribution in [0.3, 0.4) is 0 Å². The number of phenolic OH excluding ortho intramolecular Hbond substituents is 1. The van der Waals surface area contributed by atoms with Crippen molar-refractivity contribution in [3.8, 4) is 5.75 Å². The number of para-hydroxylation sites is 1. The van der Waals surface area contributed by atoms with Gasteiger partial charge in [-0.25, -0.2) is 0 Å². The first-order valence-electron chi connectivity index (χ1n) is 10.4. The molecule has 4 aliphatic rings. The molecule has 2 fully saturated rings. The number of anilines is 1. The minimum atomic E-state index is -0.131. The number of aldehydes is 1. The van der Waals surface area contributed by atoms with Crippen LogP contribution in [-0.4, -0.2) is 41.6 Å². The van der Waals surface area contributed by atoms with Crippen LogP contribution in [0.2, 0.25) is 0 Å². The van der Waals surface area contributed by atoms with Crippen molar-refractivity contribution in [2.45, 2.75) is 51.0 Å². The Labute approximate surface area is 184 Å². The summed E-state index contributed by atoms with van der Waals surface area (Å²) in [6.45, 7) is 7.84. The summed E-state index contributed by atoms with van der Waals surface area (Å²) in [5.74, 6) is 0.531. The van der Waals surface area contributed by atoms with Crippen LogP contribution >= 0.6 is 0 Å². The molecule has 3 heterocycles. The number of nitrogens with zero attached hydrogens (tertiary/aromatic N) is 1. The fraction of sp³-hybridized carbons (Fsp3) is 0.522. The lowest BCUT2D eigenvalue weighted by atomic mass is 9.61. The van der Waals surface area contributed by atoms with E-state index in [-0.39, 0.29) is 35.3 Å². The topological polar surface area (TPSA) is 49.3 Å². The highest BCUT2D eigenvalue weighted by Crippen LogP contribution is 2.64. The van der Waals surface area contributed by atoms with E-state index in [0.29, 0.717) is 11.8 Å². The number of piperidine rings is 1. The summed E-state index contributed by atoms with van der Waals surface area (Å²) in [6, 6.07) is 6.37. The van der Waals surface area contributed by atoms with Gasteiger partial charge in [0, 0.05) is 30.0 Å². The molecule has 1 aromatic carbocycles. The Morgan fingerprint density at radius 1 is 1.39 bits per heavy atom. The minimum absolute atomic E-state index is 0. The van der Waals surface area contributed by atoms with Gasteiger partial charge in [0.05, 0.1) is 24.2 Å². The Kier molecular flexibility index (Phi) is 4.90. The van der Waals surface area contributed by atoms with Gasteiger partial charge in [-0.1, -0.05) is 31.6 Å². The molecule has 2 unspecified atom stereocenters. The molecule has 2 saturated heterocycles. The molecule has 0 saturated carbocycles. The predicted octanol–water partition coefficient (Wildman–Crippen LogP) is 0.882. The highest BCUT2D eigenvalue weighted by molar-refractivity contribution is 5.85. The average molecular weight is 492 g/mol. The molecule has 0 radical (unpaired) electrons. The van der Waals surface area contributed by atoms with E-state index in [2.05, 4.69) is 31.3 Å². The molecule has 0 amide bonds. The Hall–Kier alpha value is -1.34. The van der Waals surface area contributed by atoms with E-state index >= 15 is 0 Å². The van der Waals surface area contributed by atoms with Gasteiger partial charge in [0.15, 0.2) is 0 Å². The quantitative estimate of drug-likeness (QED) is 0.216. The lowest BCUT2D eigenvalue weighted by molar-refractivity contribution is -0.941. The molecule has 150 valence electrons. The fourth-order valence-corrected chi connectivity index (χ4v) is 6.76. The lowest BCUT2D eigenvalue weighted by Gasteiger charge is -2.53. The fourth-order valence-electron chi connectivity index (χ4n) is 6.76. The molecule has 2 bridgehead atoms. The number of carbonyl (C=O) groups is 1. The van der Waals surface area contributed by atoms with Crippen molar-refractivity contribution >= 4 is 12.0 Å². The standard InChI is InChI=1S/C23H28N2O2.HI/c1-3-5-10-25-11-9-23-18-7-6-8-19(27)21(18)24-22(23)17(14-26)16(12-20(23)25)15(4-2)13-25;/h4,6-8,14,16,20H,3,5,9-13H2,1-2H3,(H-,24,26,27);1H/t16-,20-,23?,25?;/m0./s1. The third kappa shape index (κ3) is 2.29. The molecule has 1 aliphatic carbocycles. The van der Waals surface area contributed by atoms with Gasteiger partial charge in [0.1, 0.15) is 24.6 Å². The zero-order valence-corrected chi connectivity index (χ0v) is 18.8. The number of hydrogen-bond acceptors (Lipinski definition) is 3. The second-order valence-corrected chi connectivity index (χ2v) is 8.84. The van der Waals surface area contributed by atoms with E-state index in [4.69, 9.17) is 0 Å². The highest BCUT2D eigenvalue weighted by atomic mass is 127. The van der Waals surface area contributed by atoms with Crippen LogP contribution in [0.25, 0.3) is 0 Å². The van der Waals surface area contributed by atoms with Gasteiger partial charge in [-0.3, -0.25) is 4.79 Å². The van der Waals surface area contributed by atoms with E-state index in [1.54, 1.807) is 6.07 Å². The number of allylic oxidation sites excluding steroid dienone is 2. The molecular weight excluding hydrogens is 463 g/mol. The summed E-state index contributed by atoms with van der Waals surface area (Å²) in [5, 5.41) is 14.0. The second-order valence-electron chi connectivity index (χ2n) is 8.84. The molecule has 0 aromatic heterocycles. The smallest absolute Gasteiger partial charge is 0.148 e. The maximum Gasteiger partial charge on any atom is 0.148 e. The van der Waals surface area contributed by atoms with E-state index < -0.39 is 0 Å². The van der Waals surface area contributed by atoms with Gasteiger partial charge in [-0.2, -0.15) is 0 Å². The lowest BCUT2D eigenvalue weighted by Crippen LogP contribution is -3.00. The van der Waals surface area contributed by atoms with Crippen molar-refractivity contribution in [2.75, 3.05) is 25.0 Å². The number of nitrogens with one attached hydrogen (secondary N) is 1. The number of phenols is 1. The van der Waals surface area contributed by atoms with Crippen LogP contribution in [0.5, 0.6) is 5.75 Å². The number of quaternary nitrogens is 1. The summed E-state index contributed by atoms with van der Waals surface area (Å²) < 4.78 is 1.15. The molecule has 4 nitrogen and oxygen atoms in total. The van der Waals surface area contributed by atoms with Crippen LogP contribution in [-0.2, 0) is 10.2 Å². The van der Waals surface area contributed by atoms with Gasteiger partial charge in [-0.05, 0) is 30.5 Å². The number of rotatable bonds is 4. The summed E-state index contributed by atoms with van der Waals surface area (Å²) in [6.07, 6.45) is 7.91. The van der Waals surface area contributed by atoms with Crippen molar-refractivity contribution in [2.24, 2.45) is 5.92 Å². The van der Waals surface area contributed by atoms with Gasteiger partial charge in [-0.15, -0.1) is 0 Å².